The second-order valence-electron chi connectivity index (χ2n) is 10.9. The predicted octanol–water partition coefficient (Wildman–Crippen LogP) is 3.60. The number of likely N-dealkylation sites (tertiary alicyclic amines) is 1. The van der Waals surface area contributed by atoms with Gasteiger partial charge in [0.05, 0.1) is 43.0 Å². The molecule has 10 nitrogen and oxygen atoms in total. The number of hydrogen-bond donors (Lipinski definition) is 1. The number of ether oxygens (including phenoxy) is 1. The normalized spacial score (nSPS) is 16.6. The second kappa shape index (κ2) is 9.68. The highest BCUT2D eigenvalue weighted by Crippen LogP contribution is 2.38. The van der Waals surface area contributed by atoms with Gasteiger partial charge in [-0.05, 0) is 71.4 Å². The van der Waals surface area contributed by atoms with Gasteiger partial charge in [0.15, 0.2) is 5.65 Å². The Kier molecular flexibility index (Phi) is 6.29. The van der Waals surface area contributed by atoms with Crippen molar-refractivity contribution in [2.45, 2.75) is 52.6 Å². The summed E-state index contributed by atoms with van der Waals surface area (Å²) in [6.45, 7) is 9.78. The number of methoxy groups -OCH3 is 1. The quantitative estimate of drug-likeness (QED) is 0.431. The smallest absolute Gasteiger partial charge is 0.260 e. The molecule has 0 bridgehead atoms. The largest absolute Gasteiger partial charge is 0.496 e. The van der Waals surface area contributed by atoms with Crippen LogP contribution in [-0.2, 0) is 13.1 Å². The minimum Gasteiger partial charge on any atom is -0.496 e. The maximum atomic E-state index is 14.1. The molecule has 0 unspecified atom stereocenters. The number of nitrogens with two attached hydrogens (primary N) is 1. The predicted molar refractivity (Wildman–Crippen MR) is 150 cm³/mol. The van der Waals surface area contributed by atoms with E-state index in [0.29, 0.717) is 48.1 Å². The first kappa shape index (κ1) is 25.4. The Morgan fingerprint density at radius 2 is 1.82 bits per heavy atom. The number of carbonyl (C=O) groups is 1. The highest BCUT2D eigenvalue weighted by Gasteiger charge is 2.32. The minimum atomic E-state index is -0.136. The monoisotopic (exact) mass is 528 g/mol. The van der Waals surface area contributed by atoms with E-state index in [-0.39, 0.29) is 5.91 Å². The molecule has 5 heterocycles. The van der Waals surface area contributed by atoms with Gasteiger partial charge in [-0.3, -0.25) is 14.0 Å². The van der Waals surface area contributed by atoms with Crippen LogP contribution in [0.25, 0.3) is 16.9 Å². The summed E-state index contributed by atoms with van der Waals surface area (Å²) < 4.78 is 9.53. The summed E-state index contributed by atoms with van der Waals surface area (Å²) in [5.41, 5.74) is 14.2. The van der Waals surface area contributed by atoms with E-state index < -0.39 is 0 Å². The highest BCUT2D eigenvalue weighted by atomic mass is 16.5. The number of piperidine rings is 1. The van der Waals surface area contributed by atoms with E-state index in [1.165, 1.54) is 0 Å². The fourth-order valence-corrected chi connectivity index (χ4v) is 6.20. The molecule has 204 valence electrons. The number of nitrogen functional groups attached to an aromatic ring is 1. The molecule has 1 amide bonds. The molecule has 0 radical (unpaired) electrons. The van der Waals surface area contributed by atoms with E-state index >= 15 is 0 Å². The lowest BCUT2D eigenvalue weighted by molar-refractivity contribution is 0.0709. The summed E-state index contributed by atoms with van der Waals surface area (Å²) in [5.74, 6) is 1.29. The molecule has 2 N–H and O–H groups in total. The molecule has 3 aromatic heterocycles. The lowest BCUT2D eigenvalue weighted by Gasteiger charge is -2.29. The molecule has 39 heavy (non-hydrogen) atoms. The fraction of sp³-hybridized carbons (Fsp3) is 0.448. The molecular formula is C29H36N8O2. The number of aromatic nitrogens is 5. The first-order valence-electron chi connectivity index (χ1n) is 13.6. The third-order valence-corrected chi connectivity index (χ3v) is 8.41. The molecule has 0 aliphatic carbocycles. The van der Waals surface area contributed by atoms with Crippen LogP contribution in [-0.4, -0.2) is 73.8 Å². The molecule has 2 aliphatic rings. The molecular weight excluding hydrogens is 492 g/mol. The molecule has 6 rings (SSSR count). The third-order valence-electron chi connectivity index (χ3n) is 8.41. The number of rotatable bonds is 4. The second-order valence-corrected chi connectivity index (χ2v) is 10.9. The van der Waals surface area contributed by atoms with Gasteiger partial charge in [-0.2, -0.15) is 5.10 Å². The number of amides is 1. The van der Waals surface area contributed by atoms with Crippen LogP contribution in [0.2, 0.25) is 0 Å². The first-order valence-corrected chi connectivity index (χ1v) is 13.6. The van der Waals surface area contributed by atoms with Crippen molar-refractivity contribution in [3.63, 3.8) is 0 Å². The van der Waals surface area contributed by atoms with Gasteiger partial charge >= 0.3 is 0 Å². The standard InChI is InChI=1S/C29H36N8O2/c1-17-6-7-22(39-5)18(2)26(17)37-27(30)23(29(38)35-14-15-36-21(16-35)8-11-31-36)25-28(37)33-24(19(3)32-25)20-9-12-34(4)13-10-20/h6-8,11,20H,9-10,12-16,30H2,1-5H3. The Morgan fingerprint density at radius 1 is 1.05 bits per heavy atom. The maximum absolute atomic E-state index is 14.1. The van der Waals surface area contributed by atoms with E-state index in [0.717, 1.165) is 65.6 Å². The summed E-state index contributed by atoms with van der Waals surface area (Å²) in [6.07, 6.45) is 3.83. The number of carbonyl (C=O) groups excluding carboxylic acids is 1. The summed E-state index contributed by atoms with van der Waals surface area (Å²) in [5, 5.41) is 4.35. The van der Waals surface area contributed by atoms with Crippen molar-refractivity contribution in [2.75, 3.05) is 39.5 Å². The number of anilines is 1. The number of fused-ring (bicyclic) bond motifs is 2. The zero-order valence-corrected chi connectivity index (χ0v) is 23.4. The SMILES string of the molecule is COc1ccc(C)c(-n2c(N)c(C(=O)N3CCn4nccc4C3)c3nc(C)c(C4CCN(C)CC4)nc32)c1C. The Bertz CT molecular complexity index is 1580. The van der Waals surface area contributed by atoms with Gasteiger partial charge in [0.1, 0.15) is 22.6 Å². The van der Waals surface area contributed by atoms with Crippen LogP contribution in [0.15, 0.2) is 24.4 Å². The number of nitrogens with zero attached hydrogens (tertiary/aromatic N) is 7. The van der Waals surface area contributed by atoms with E-state index in [1.807, 2.05) is 53.1 Å². The van der Waals surface area contributed by atoms with Crippen LogP contribution in [0.1, 0.15) is 57.3 Å². The zero-order chi connectivity index (χ0) is 27.4. The lowest BCUT2D eigenvalue weighted by Crippen LogP contribution is -2.38. The van der Waals surface area contributed by atoms with Gasteiger partial charge in [-0.15, -0.1) is 0 Å². The molecule has 2 aliphatic heterocycles. The van der Waals surface area contributed by atoms with Gasteiger partial charge in [0.2, 0.25) is 0 Å². The molecule has 1 aromatic carbocycles. The van der Waals surface area contributed by atoms with Gasteiger partial charge < -0.3 is 20.3 Å². The summed E-state index contributed by atoms with van der Waals surface area (Å²) in [7, 11) is 3.82. The van der Waals surface area contributed by atoms with Crippen LogP contribution >= 0.6 is 0 Å². The van der Waals surface area contributed by atoms with E-state index in [4.69, 9.17) is 20.4 Å². The van der Waals surface area contributed by atoms with Crippen molar-refractivity contribution in [3.8, 4) is 11.4 Å². The lowest BCUT2D eigenvalue weighted by atomic mass is 9.92. The topological polar surface area (TPSA) is 107 Å². The summed E-state index contributed by atoms with van der Waals surface area (Å²) >= 11 is 0. The Hall–Kier alpha value is -3.92. The van der Waals surface area contributed by atoms with Crippen molar-refractivity contribution in [2.24, 2.45) is 0 Å². The summed E-state index contributed by atoms with van der Waals surface area (Å²) in [4.78, 5) is 28.6. The zero-order valence-electron chi connectivity index (χ0n) is 23.4. The van der Waals surface area contributed by atoms with Crippen LogP contribution < -0.4 is 10.5 Å². The molecule has 0 atom stereocenters. The molecule has 0 spiro atoms. The van der Waals surface area contributed by atoms with Crippen LogP contribution in [0.3, 0.4) is 0 Å². The first-order chi connectivity index (χ1) is 18.8. The van der Waals surface area contributed by atoms with E-state index in [2.05, 4.69) is 17.0 Å². The molecule has 0 saturated carbocycles. The van der Waals surface area contributed by atoms with Crippen LogP contribution in [0.4, 0.5) is 5.82 Å². The minimum absolute atomic E-state index is 0.136. The average Bonchev–Trinajstić information content (AvgIpc) is 3.50. The van der Waals surface area contributed by atoms with Gasteiger partial charge in [-0.25, -0.2) is 9.97 Å². The van der Waals surface area contributed by atoms with Gasteiger partial charge in [-0.1, -0.05) is 6.07 Å². The van der Waals surface area contributed by atoms with E-state index in [9.17, 15) is 4.79 Å². The average molecular weight is 529 g/mol. The van der Waals surface area contributed by atoms with Crippen molar-refractivity contribution < 1.29 is 9.53 Å². The Morgan fingerprint density at radius 3 is 2.56 bits per heavy atom. The Balaban J connectivity index is 1.56. The van der Waals surface area contributed by atoms with Crippen LogP contribution in [0, 0.1) is 20.8 Å². The van der Waals surface area contributed by atoms with Crippen LogP contribution in [0.5, 0.6) is 5.75 Å². The van der Waals surface area contributed by atoms with Crippen molar-refractivity contribution >= 4 is 22.9 Å². The molecule has 4 aromatic rings. The number of hydrogen-bond acceptors (Lipinski definition) is 7. The molecule has 1 fully saturated rings. The molecule has 10 heteroatoms. The summed E-state index contributed by atoms with van der Waals surface area (Å²) in [6, 6.07) is 5.92. The maximum Gasteiger partial charge on any atom is 0.260 e. The Labute approximate surface area is 228 Å². The van der Waals surface area contributed by atoms with Crippen molar-refractivity contribution in [1.29, 1.82) is 0 Å². The van der Waals surface area contributed by atoms with Crippen molar-refractivity contribution in [3.05, 3.63) is 58.2 Å². The van der Waals surface area contributed by atoms with E-state index in [1.54, 1.807) is 13.3 Å². The van der Waals surface area contributed by atoms with Gasteiger partial charge in [0, 0.05) is 24.2 Å². The number of benzene rings is 1. The van der Waals surface area contributed by atoms with Crippen molar-refractivity contribution in [1.82, 2.24) is 34.1 Å². The fourth-order valence-electron chi connectivity index (χ4n) is 6.20. The third kappa shape index (κ3) is 4.14. The highest BCUT2D eigenvalue weighted by molar-refractivity contribution is 6.10. The molecule has 1 saturated heterocycles. The number of aryl methyl sites for hydroxylation is 2. The van der Waals surface area contributed by atoms with Gasteiger partial charge in [0.25, 0.3) is 5.91 Å².